The smallest absolute Gasteiger partial charge is 0.339 e. The second-order valence-corrected chi connectivity index (χ2v) is 9.13. The van der Waals surface area contributed by atoms with Crippen molar-refractivity contribution in [2.45, 2.75) is 11.8 Å². The van der Waals surface area contributed by atoms with Gasteiger partial charge < -0.3 is 14.2 Å². The molecule has 0 saturated heterocycles. The lowest BCUT2D eigenvalue weighted by atomic mass is 10.1. The van der Waals surface area contributed by atoms with Crippen LogP contribution in [0.1, 0.15) is 12.5 Å². The first-order chi connectivity index (χ1) is 16.2. The summed E-state index contributed by atoms with van der Waals surface area (Å²) >= 11 is 12.0. The predicted octanol–water partition coefficient (Wildman–Crippen LogP) is 5.71. The quantitative estimate of drug-likeness (QED) is 0.233. The maximum Gasteiger partial charge on any atom is 0.339 e. The zero-order valence-electron chi connectivity index (χ0n) is 17.8. The molecular formula is C24H18Cl2N2O5S. The summed E-state index contributed by atoms with van der Waals surface area (Å²) < 4.78 is 35.9. The number of halogens is 2. The van der Waals surface area contributed by atoms with Crippen LogP contribution >= 0.6 is 23.2 Å². The van der Waals surface area contributed by atoms with E-state index in [1.165, 1.54) is 48.5 Å². The molecule has 0 heterocycles. The highest BCUT2D eigenvalue weighted by Gasteiger charge is 2.19. The number of amides is 1. The van der Waals surface area contributed by atoms with E-state index >= 15 is 0 Å². The minimum atomic E-state index is -4.09. The molecule has 3 aromatic carbocycles. The normalized spacial score (nSPS) is 11.4. The van der Waals surface area contributed by atoms with Gasteiger partial charge in [0, 0.05) is 5.02 Å². The molecule has 0 aliphatic carbocycles. The third-order valence-electron chi connectivity index (χ3n) is 4.35. The molecule has 1 N–H and O–H groups in total. The Morgan fingerprint density at radius 1 is 1.06 bits per heavy atom. The van der Waals surface area contributed by atoms with E-state index in [0.717, 1.165) is 0 Å². The van der Waals surface area contributed by atoms with Crippen LogP contribution in [0.4, 0.5) is 5.69 Å². The molecule has 1 amide bonds. The number of hydrogen-bond donors (Lipinski definition) is 1. The topological polar surface area (TPSA) is 105 Å². The van der Waals surface area contributed by atoms with Crippen molar-refractivity contribution in [1.82, 2.24) is 0 Å². The summed E-state index contributed by atoms with van der Waals surface area (Å²) in [5, 5.41) is 12.7. The number of carbonyl (C=O) groups excluding carboxylic acids is 1. The molecule has 0 atom stereocenters. The van der Waals surface area contributed by atoms with Crippen molar-refractivity contribution < 1.29 is 22.1 Å². The number of hydrogen-bond acceptors (Lipinski definition) is 6. The van der Waals surface area contributed by atoms with Crippen LogP contribution in [0.2, 0.25) is 10.0 Å². The maximum absolute atomic E-state index is 12.6. The van der Waals surface area contributed by atoms with Gasteiger partial charge in [0.15, 0.2) is 11.5 Å². The van der Waals surface area contributed by atoms with Gasteiger partial charge in [-0.2, -0.15) is 13.7 Å². The highest BCUT2D eigenvalue weighted by Crippen LogP contribution is 2.32. The first kappa shape index (κ1) is 25.1. The van der Waals surface area contributed by atoms with E-state index < -0.39 is 16.0 Å². The Labute approximate surface area is 207 Å². The summed E-state index contributed by atoms with van der Waals surface area (Å²) in [5.74, 6) is -0.598. The van der Waals surface area contributed by atoms with Crippen molar-refractivity contribution in [3.05, 3.63) is 87.9 Å². The number of nitrogens with one attached hydrogen (secondary N) is 1. The summed E-state index contributed by atoms with van der Waals surface area (Å²) in [6, 6.07) is 18.4. The molecule has 7 nitrogen and oxygen atoms in total. The maximum atomic E-state index is 12.6. The Balaban J connectivity index is 1.89. The fourth-order valence-electron chi connectivity index (χ4n) is 2.80. The number of nitrogens with zero attached hydrogens (tertiary/aromatic N) is 1. The number of ether oxygens (including phenoxy) is 1. The largest absolute Gasteiger partial charge is 0.490 e. The summed E-state index contributed by atoms with van der Waals surface area (Å²) in [7, 11) is -4.09. The van der Waals surface area contributed by atoms with Crippen LogP contribution in [0.25, 0.3) is 6.08 Å². The van der Waals surface area contributed by atoms with Crippen molar-refractivity contribution in [3.63, 3.8) is 0 Å². The van der Waals surface area contributed by atoms with Gasteiger partial charge in [-0.1, -0.05) is 47.5 Å². The van der Waals surface area contributed by atoms with Gasteiger partial charge in [-0.15, -0.1) is 0 Å². The van der Waals surface area contributed by atoms with Crippen molar-refractivity contribution >= 4 is 51.0 Å². The highest BCUT2D eigenvalue weighted by atomic mass is 35.5. The van der Waals surface area contributed by atoms with Gasteiger partial charge in [-0.3, -0.25) is 4.79 Å². The lowest BCUT2D eigenvalue weighted by Crippen LogP contribution is -2.13. The molecule has 0 fully saturated rings. The second-order valence-electron chi connectivity index (χ2n) is 6.74. The zero-order chi connectivity index (χ0) is 24.7. The molecule has 0 aromatic heterocycles. The molecule has 10 heteroatoms. The third kappa shape index (κ3) is 6.29. The van der Waals surface area contributed by atoms with Crippen LogP contribution in [0.3, 0.4) is 0 Å². The number of benzene rings is 3. The minimum absolute atomic E-state index is 0.00969. The van der Waals surface area contributed by atoms with Crippen LogP contribution < -0.4 is 14.2 Å². The van der Waals surface area contributed by atoms with Crippen molar-refractivity contribution in [1.29, 1.82) is 5.26 Å². The van der Waals surface area contributed by atoms with Gasteiger partial charge >= 0.3 is 10.1 Å². The van der Waals surface area contributed by atoms with E-state index in [1.807, 2.05) is 6.07 Å². The molecule has 0 spiro atoms. The van der Waals surface area contributed by atoms with Gasteiger partial charge in [0.2, 0.25) is 0 Å². The van der Waals surface area contributed by atoms with Crippen LogP contribution in [0, 0.1) is 11.3 Å². The number of carbonyl (C=O) groups is 1. The standard InChI is InChI=1S/C24H18Cl2N2O5S/c1-2-32-23-13-16(8-11-22(23)33-34(30,31)19-6-4-3-5-7-19)12-17(15-27)24(29)28-21-14-18(25)9-10-20(21)26/h3-14H,2H2,1H3,(H,28,29)/b17-12+. The number of rotatable bonds is 8. The van der Waals surface area contributed by atoms with Crippen molar-refractivity contribution in [2.24, 2.45) is 0 Å². The van der Waals surface area contributed by atoms with Crippen molar-refractivity contribution in [2.75, 3.05) is 11.9 Å². The second kappa shape index (κ2) is 11.1. The molecule has 0 unspecified atom stereocenters. The Morgan fingerprint density at radius 2 is 1.79 bits per heavy atom. The lowest BCUT2D eigenvalue weighted by Gasteiger charge is -2.13. The molecule has 0 bridgehead atoms. The van der Waals surface area contributed by atoms with E-state index in [-0.39, 0.29) is 39.3 Å². The third-order valence-corrected chi connectivity index (χ3v) is 6.16. The molecule has 0 radical (unpaired) electrons. The van der Waals surface area contributed by atoms with E-state index in [9.17, 15) is 18.5 Å². The predicted molar refractivity (Wildman–Crippen MR) is 131 cm³/mol. The average molecular weight is 517 g/mol. The van der Waals surface area contributed by atoms with E-state index in [2.05, 4.69) is 5.32 Å². The molecule has 174 valence electrons. The van der Waals surface area contributed by atoms with Crippen molar-refractivity contribution in [3.8, 4) is 17.6 Å². The fraction of sp³-hybridized carbons (Fsp3) is 0.0833. The average Bonchev–Trinajstić information content (AvgIpc) is 2.82. The molecule has 34 heavy (non-hydrogen) atoms. The van der Waals surface area contributed by atoms with Gasteiger partial charge in [0.25, 0.3) is 5.91 Å². The molecule has 3 rings (SSSR count). The Morgan fingerprint density at radius 3 is 2.47 bits per heavy atom. The zero-order valence-corrected chi connectivity index (χ0v) is 20.1. The molecule has 0 aliphatic heterocycles. The van der Waals surface area contributed by atoms with Gasteiger partial charge in [0.1, 0.15) is 16.5 Å². The minimum Gasteiger partial charge on any atom is -0.490 e. The Bertz CT molecular complexity index is 1380. The lowest BCUT2D eigenvalue weighted by molar-refractivity contribution is -0.112. The van der Waals surface area contributed by atoms with E-state index in [4.69, 9.17) is 32.1 Å². The van der Waals surface area contributed by atoms with Gasteiger partial charge in [-0.05, 0) is 61.0 Å². The summed E-state index contributed by atoms with van der Waals surface area (Å²) in [6.45, 7) is 1.95. The highest BCUT2D eigenvalue weighted by molar-refractivity contribution is 7.87. The molecule has 0 aliphatic rings. The molecular weight excluding hydrogens is 499 g/mol. The summed E-state index contributed by atoms with van der Waals surface area (Å²) in [4.78, 5) is 12.6. The number of anilines is 1. The summed E-state index contributed by atoms with van der Waals surface area (Å²) in [6.07, 6.45) is 1.33. The summed E-state index contributed by atoms with van der Waals surface area (Å²) in [5.41, 5.74) is 0.450. The van der Waals surface area contributed by atoms with E-state index in [1.54, 1.807) is 31.2 Å². The van der Waals surface area contributed by atoms with Crippen LogP contribution in [-0.4, -0.2) is 20.9 Å². The van der Waals surface area contributed by atoms with Gasteiger partial charge in [-0.25, -0.2) is 0 Å². The first-order valence-corrected chi connectivity index (χ1v) is 12.0. The first-order valence-electron chi connectivity index (χ1n) is 9.88. The fourth-order valence-corrected chi connectivity index (χ4v) is 4.10. The molecule has 3 aromatic rings. The Kier molecular flexibility index (Phi) is 8.18. The van der Waals surface area contributed by atoms with Gasteiger partial charge in [0.05, 0.1) is 17.3 Å². The SMILES string of the molecule is CCOc1cc(/C=C(\C#N)C(=O)Nc2cc(Cl)ccc2Cl)ccc1OS(=O)(=O)c1ccccc1. The van der Waals surface area contributed by atoms with Crippen LogP contribution in [0.5, 0.6) is 11.5 Å². The van der Waals surface area contributed by atoms with Crippen LogP contribution in [-0.2, 0) is 14.9 Å². The number of nitriles is 1. The van der Waals surface area contributed by atoms with E-state index in [0.29, 0.717) is 10.6 Å². The van der Waals surface area contributed by atoms with Crippen LogP contribution in [0.15, 0.2) is 77.2 Å². The monoisotopic (exact) mass is 516 g/mol. The molecule has 0 saturated carbocycles. The Hall–Kier alpha value is -3.51.